The zero-order valence-electron chi connectivity index (χ0n) is 16.2. The van der Waals surface area contributed by atoms with Gasteiger partial charge in [-0.3, -0.25) is 4.79 Å². The predicted molar refractivity (Wildman–Crippen MR) is 113 cm³/mol. The molecule has 0 unspecified atom stereocenters. The molecule has 0 saturated heterocycles. The van der Waals surface area contributed by atoms with Gasteiger partial charge in [-0.15, -0.1) is 0 Å². The number of amides is 1. The molecule has 1 amide bonds. The standard InChI is InChI=1S/C21H24Cl2N2O3/c1-4-25(5-2)9-8-24-20(26)15-10-14(11-16(12-15)21(27)28-3)18-13-17(22)6-7-19(18)23/h6-7,10-13H,4-5,8-9H2,1-3H3,(H,24,26). The molecule has 0 aliphatic carbocycles. The Hall–Kier alpha value is -2.08. The second kappa shape index (κ2) is 10.5. The van der Waals surface area contributed by atoms with Crippen LogP contribution >= 0.6 is 23.2 Å². The van der Waals surface area contributed by atoms with Crippen LogP contribution in [0.25, 0.3) is 11.1 Å². The molecule has 2 rings (SSSR count). The minimum absolute atomic E-state index is 0.266. The summed E-state index contributed by atoms with van der Waals surface area (Å²) in [5, 5.41) is 3.87. The van der Waals surface area contributed by atoms with Crippen LogP contribution in [0.4, 0.5) is 0 Å². The molecule has 5 nitrogen and oxygen atoms in total. The minimum Gasteiger partial charge on any atom is -0.465 e. The van der Waals surface area contributed by atoms with Crippen LogP contribution in [0.3, 0.4) is 0 Å². The van der Waals surface area contributed by atoms with E-state index >= 15 is 0 Å². The maximum Gasteiger partial charge on any atom is 0.337 e. The lowest BCUT2D eigenvalue weighted by atomic mass is 9.99. The molecule has 28 heavy (non-hydrogen) atoms. The maximum atomic E-state index is 12.7. The average molecular weight is 423 g/mol. The van der Waals surface area contributed by atoms with E-state index in [0.29, 0.717) is 33.3 Å². The summed E-state index contributed by atoms with van der Waals surface area (Å²) >= 11 is 12.4. The average Bonchev–Trinajstić information content (AvgIpc) is 2.71. The number of esters is 1. The largest absolute Gasteiger partial charge is 0.465 e. The van der Waals surface area contributed by atoms with Crippen LogP contribution < -0.4 is 5.32 Å². The number of ether oxygens (including phenoxy) is 1. The Morgan fingerprint density at radius 2 is 1.71 bits per heavy atom. The Kier molecular flexibility index (Phi) is 8.30. The monoisotopic (exact) mass is 422 g/mol. The number of carbonyl (C=O) groups is 2. The van der Waals surface area contributed by atoms with Gasteiger partial charge in [-0.2, -0.15) is 0 Å². The number of likely N-dealkylation sites (N-methyl/N-ethyl adjacent to an activating group) is 1. The summed E-state index contributed by atoms with van der Waals surface area (Å²) in [4.78, 5) is 27.0. The van der Waals surface area contributed by atoms with Gasteiger partial charge >= 0.3 is 5.97 Å². The summed E-state index contributed by atoms with van der Waals surface area (Å²) in [5.74, 6) is -0.797. The number of benzene rings is 2. The molecule has 150 valence electrons. The van der Waals surface area contributed by atoms with Crippen LogP contribution in [-0.2, 0) is 4.74 Å². The summed E-state index contributed by atoms with van der Waals surface area (Å²) in [6.07, 6.45) is 0. The summed E-state index contributed by atoms with van der Waals surface area (Å²) in [6, 6.07) is 9.89. The number of hydrogen-bond acceptors (Lipinski definition) is 4. The molecule has 0 spiro atoms. The topological polar surface area (TPSA) is 58.6 Å². The van der Waals surface area contributed by atoms with Crippen molar-refractivity contribution < 1.29 is 14.3 Å². The molecule has 2 aromatic carbocycles. The number of nitrogens with zero attached hydrogens (tertiary/aromatic N) is 1. The molecule has 0 radical (unpaired) electrons. The van der Waals surface area contributed by atoms with Crippen LogP contribution in [0.5, 0.6) is 0 Å². The van der Waals surface area contributed by atoms with Crippen LogP contribution in [-0.4, -0.2) is 50.1 Å². The molecule has 7 heteroatoms. The molecule has 0 heterocycles. The number of methoxy groups -OCH3 is 1. The van der Waals surface area contributed by atoms with Crippen molar-refractivity contribution in [2.75, 3.05) is 33.3 Å². The van der Waals surface area contributed by atoms with E-state index in [-0.39, 0.29) is 11.5 Å². The highest BCUT2D eigenvalue weighted by molar-refractivity contribution is 6.35. The number of nitrogens with one attached hydrogen (secondary N) is 1. The molecule has 0 bridgehead atoms. The molecule has 1 N–H and O–H groups in total. The van der Waals surface area contributed by atoms with Crippen molar-refractivity contribution in [2.45, 2.75) is 13.8 Å². The highest BCUT2D eigenvalue weighted by atomic mass is 35.5. The van der Waals surface area contributed by atoms with Gasteiger partial charge in [0.1, 0.15) is 0 Å². The van der Waals surface area contributed by atoms with Crippen molar-refractivity contribution in [1.29, 1.82) is 0 Å². The summed E-state index contributed by atoms with van der Waals surface area (Å²) in [6.45, 7) is 7.25. The lowest BCUT2D eigenvalue weighted by Gasteiger charge is -2.18. The Morgan fingerprint density at radius 1 is 1.04 bits per heavy atom. The molecule has 0 aromatic heterocycles. The zero-order valence-corrected chi connectivity index (χ0v) is 17.7. The Labute approximate surface area is 175 Å². The smallest absolute Gasteiger partial charge is 0.337 e. The summed E-state index contributed by atoms with van der Waals surface area (Å²) in [5.41, 5.74) is 1.87. The van der Waals surface area contributed by atoms with Crippen molar-refractivity contribution >= 4 is 35.1 Å². The normalized spacial score (nSPS) is 10.8. The van der Waals surface area contributed by atoms with Gasteiger partial charge in [0.15, 0.2) is 0 Å². The van der Waals surface area contributed by atoms with Gasteiger partial charge in [0.2, 0.25) is 0 Å². The highest BCUT2D eigenvalue weighted by Gasteiger charge is 2.16. The van der Waals surface area contributed by atoms with Crippen LogP contribution in [0.1, 0.15) is 34.6 Å². The molecule has 0 atom stereocenters. The summed E-state index contributed by atoms with van der Waals surface area (Å²) in [7, 11) is 1.30. The van der Waals surface area contributed by atoms with E-state index in [1.165, 1.54) is 13.2 Å². The quantitative estimate of drug-likeness (QED) is 0.635. The lowest BCUT2D eigenvalue weighted by molar-refractivity contribution is 0.0600. The maximum absolute atomic E-state index is 12.7. The molecule has 0 fully saturated rings. The number of rotatable bonds is 8. The minimum atomic E-state index is -0.530. The predicted octanol–water partition coefficient (Wildman–Crippen LogP) is 4.52. The first-order valence-corrected chi connectivity index (χ1v) is 9.84. The molecule has 0 aliphatic heterocycles. The van der Waals surface area contributed by atoms with Crippen molar-refractivity contribution in [1.82, 2.24) is 10.2 Å². The van der Waals surface area contributed by atoms with Crippen LogP contribution in [0.15, 0.2) is 36.4 Å². The SMILES string of the molecule is CCN(CC)CCNC(=O)c1cc(C(=O)OC)cc(-c2cc(Cl)ccc2Cl)c1. The van der Waals surface area contributed by atoms with Crippen LogP contribution in [0.2, 0.25) is 10.0 Å². The van der Waals surface area contributed by atoms with E-state index in [2.05, 4.69) is 24.1 Å². The van der Waals surface area contributed by atoms with Gasteiger partial charge in [0, 0.05) is 34.3 Å². The molecular weight excluding hydrogens is 399 g/mol. The fourth-order valence-electron chi connectivity index (χ4n) is 2.84. The van der Waals surface area contributed by atoms with E-state index in [1.807, 2.05) is 0 Å². The molecule has 0 saturated carbocycles. The number of carbonyl (C=O) groups excluding carboxylic acids is 2. The van der Waals surface area contributed by atoms with Gasteiger partial charge in [-0.25, -0.2) is 4.79 Å². The van der Waals surface area contributed by atoms with E-state index in [0.717, 1.165) is 19.6 Å². The van der Waals surface area contributed by atoms with E-state index < -0.39 is 5.97 Å². The van der Waals surface area contributed by atoms with Gasteiger partial charge in [0.05, 0.1) is 12.7 Å². The third-order valence-corrected chi connectivity index (χ3v) is 5.03. The lowest BCUT2D eigenvalue weighted by Crippen LogP contribution is -2.34. The zero-order chi connectivity index (χ0) is 20.7. The third-order valence-electron chi connectivity index (χ3n) is 4.46. The Morgan fingerprint density at radius 3 is 2.36 bits per heavy atom. The highest BCUT2D eigenvalue weighted by Crippen LogP contribution is 2.32. The third kappa shape index (κ3) is 5.71. The fraction of sp³-hybridized carbons (Fsp3) is 0.333. The van der Waals surface area contributed by atoms with Gasteiger partial charge in [-0.1, -0.05) is 37.0 Å². The van der Waals surface area contributed by atoms with E-state index in [9.17, 15) is 9.59 Å². The molecule has 0 aliphatic rings. The van der Waals surface area contributed by atoms with Crippen LogP contribution in [0, 0.1) is 0 Å². The van der Waals surface area contributed by atoms with Crippen molar-refractivity contribution in [3.63, 3.8) is 0 Å². The second-order valence-corrected chi connectivity index (χ2v) is 7.04. The van der Waals surface area contributed by atoms with Crippen molar-refractivity contribution in [3.8, 4) is 11.1 Å². The van der Waals surface area contributed by atoms with Gasteiger partial charge < -0.3 is 15.0 Å². The first kappa shape index (κ1) is 22.2. The number of hydrogen-bond donors (Lipinski definition) is 1. The van der Waals surface area contributed by atoms with Gasteiger partial charge in [-0.05, 0) is 55.1 Å². The Balaban J connectivity index is 2.34. The van der Waals surface area contributed by atoms with Gasteiger partial charge in [0.25, 0.3) is 5.91 Å². The Bertz CT molecular complexity index is 852. The fourth-order valence-corrected chi connectivity index (χ4v) is 3.24. The first-order chi connectivity index (χ1) is 13.4. The second-order valence-electron chi connectivity index (χ2n) is 6.20. The molecular formula is C21H24Cl2N2O3. The summed E-state index contributed by atoms with van der Waals surface area (Å²) < 4.78 is 4.82. The number of halogens is 2. The molecule has 2 aromatic rings. The first-order valence-electron chi connectivity index (χ1n) is 9.09. The van der Waals surface area contributed by atoms with E-state index in [4.69, 9.17) is 27.9 Å². The van der Waals surface area contributed by atoms with Crippen molar-refractivity contribution in [3.05, 3.63) is 57.6 Å². The van der Waals surface area contributed by atoms with Crippen molar-refractivity contribution in [2.24, 2.45) is 0 Å². The van der Waals surface area contributed by atoms with E-state index in [1.54, 1.807) is 30.3 Å².